The van der Waals surface area contributed by atoms with Crippen LogP contribution in [0.2, 0.25) is 0 Å². The molecule has 2 atom stereocenters. The molecule has 0 radical (unpaired) electrons. The molecule has 120 valence electrons. The smallest absolute Gasteiger partial charge is 0.335 e. The summed E-state index contributed by atoms with van der Waals surface area (Å²) in [6.07, 6.45) is 2.08. The summed E-state index contributed by atoms with van der Waals surface area (Å²) in [5, 5.41) is 17.5. The number of carbonyl (C=O) groups is 2. The lowest BCUT2D eigenvalue weighted by Crippen LogP contribution is -2.09. The lowest BCUT2D eigenvalue weighted by Gasteiger charge is -2.15. The molecule has 0 spiro atoms. The summed E-state index contributed by atoms with van der Waals surface area (Å²) in [7, 11) is -1.15. The van der Waals surface area contributed by atoms with E-state index in [0.29, 0.717) is 6.42 Å². The van der Waals surface area contributed by atoms with E-state index in [1.165, 1.54) is 24.3 Å². The van der Waals surface area contributed by atoms with E-state index in [-0.39, 0.29) is 16.4 Å². The summed E-state index contributed by atoms with van der Waals surface area (Å²) in [6, 6.07) is 12.8. The van der Waals surface area contributed by atoms with E-state index in [9.17, 15) is 13.8 Å². The lowest BCUT2D eigenvalue weighted by atomic mass is 10.0. The molecule has 0 aliphatic carbocycles. The maximum Gasteiger partial charge on any atom is 0.335 e. The number of carboxylic acid groups (broad SMARTS) is 2. The number of aromatic carboxylic acids is 2. The minimum atomic E-state index is -1.15. The Balaban J connectivity index is 2.23. The van der Waals surface area contributed by atoms with E-state index < -0.39 is 22.7 Å². The van der Waals surface area contributed by atoms with Crippen LogP contribution >= 0.6 is 0 Å². The predicted molar refractivity (Wildman–Crippen MR) is 87.3 cm³/mol. The van der Waals surface area contributed by atoms with Gasteiger partial charge in [0.15, 0.2) is 0 Å². The number of benzene rings is 2. The van der Waals surface area contributed by atoms with Gasteiger partial charge >= 0.3 is 11.9 Å². The molecule has 0 aliphatic heterocycles. The standard InChI is InChI=1S/C17H16O5S/c1-23(22)15(12-6-8-14(9-7-12)17(20)21)10-11-2-4-13(5-3-11)16(18)19/h2-9,15H,10H2,1H3,(H,18,19)(H,20,21). The second-order valence-electron chi connectivity index (χ2n) is 5.12. The number of hydrogen-bond acceptors (Lipinski definition) is 3. The first-order chi connectivity index (χ1) is 10.9. The molecule has 0 aliphatic rings. The topological polar surface area (TPSA) is 91.7 Å². The fourth-order valence-electron chi connectivity index (χ4n) is 2.26. The molecule has 23 heavy (non-hydrogen) atoms. The zero-order chi connectivity index (χ0) is 17.0. The van der Waals surface area contributed by atoms with Gasteiger partial charge < -0.3 is 10.2 Å². The van der Waals surface area contributed by atoms with Crippen LogP contribution in [0.15, 0.2) is 48.5 Å². The summed E-state index contributed by atoms with van der Waals surface area (Å²) in [5.74, 6) is -1.99. The number of hydrogen-bond donors (Lipinski definition) is 2. The molecule has 2 aromatic rings. The van der Waals surface area contributed by atoms with Gasteiger partial charge in [-0.15, -0.1) is 0 Å². The van der Waals surface area contributed by atoms with Gasteiger partial charge in [0.05, 0.1) is 16.4 Å². The highest BCUT2D eigenvalue weighted by atomic mass is 32.2. The van der Waals surface area contributed by atoms with Gasteiger partial charge in [0.1, 0.15) is 0 Å². The molecule has 0 amide bonds. The Labute approximate surface area is 136 Å². The maximum absolute atomic E-state index is 12.0. The van der Waals surface area contributed by atoms with Gasteiger partial charge in [0, 0.05) is 17.1 Å². The van der Waals surface area contributed by atoms with Crippen molar-refractivity contribution >= 4 is 22.7 Å². The van der Waals surface area contributed by atoms with Crippen LogP contribution in [0, 0.1) is 0 Å². The second-order valence-corrected chi connectivity index (χ2v) is 6.69. The monoisotopic (exact) mass is 332 g/mol. The largest absolute Gasteiger partial charge is 0.478 e. The number of carboxylic acids is 2. The van der Waals surface area contributed by atoms with E-state index in [4.69, 9.17) is 10.2 Å². The third-order valence-corrected chi connectivity index (χ3v) is 4.79. The van der Waals surface area contributed by atoms with Gasteiger partial charge in [-0.05, 0) is 41.8 Å². The molecule has 2 unspecified atom stereocenters. The van der Waals surface area contributed by atoms with Crippen LogP contribution in [0.25, 0.3) is 0 Å². The molecule has 0 saturated heterocycles. The van der Waals surface area contributed by atoms with Crippen LogP contribution in [0.4, 0.5) is 0 Å². The molecule has 2 aromatic carbocycles. The van der Waals surface area contributed by atoms with Crippen LogP contribution < -0.4 is 0 Å². The van der Waals surface area contributed by atoms with Gasteiger partial charge in [0.2, 0.25) is 0 Å². The van der Waals surface area contributed by atoms with E-state index in [2.05, 4.69) is 0 Å². The van der Waals surface area contributed by atoms with E-state index >= 15 is 0 Å². The van der Waals surface area contributed by atoms with Gasteiger partial charge in [-0.2, -0.15) is 0 Å². The summed E-state index contributed by atoms with van der Waals surface area (Å²) in [6.45, 7) is 0. The highest BCUT2D eigenvalue weighted by Gasteiger charge is 2.17. The molecule has 0 fully saturated rings. The Kier molecular flexibility index (Phi) is 5.28. The molecule has 0 heterocycles. The highest BCUT2D eigenvalue weighted by Crippen LogP contribution is 2.24. The molecule has 5 nitrogen and oxygen atoms in total. The molecule has 0 aromatic heterocycles. The molecular formula is C17H16O5S. The van der Waals surface area contributed by atoms with Crippen LogP contribution in [0.1, 0.15) is 37.1 Å². The van der Waals surface area contributed by atoms with Crippen molar-refractivity contribution in [2.45, 2.75) is 11.7 Å². The van der Waals surface area contributed by atoms with Crippen molar-refractivity contribution in [3.8, 4) is 0 Å². The molecule has 0 bridgehead atoms. The third-order valence-electron chi connectivity index (χ3n) is 3.55. The maximum atomic E-state index is 12.0. The van der Waals surface area contributed by atoms with Crippen molar-refractivity contribution in [1.29, 1.82) is 0 Å². The van der Waals surface area contributed by atoms with Crippen LogP contribution in [0.3, 0.4) is 0 Å². The number of rotatable bonds is 6. The van der Waals surface area contributed by atoms with Crippen molar-refractivity contribution in [3.63, 3.8) is 0 Å². The van der Waals surface area contributed by atoms with E-state index in [0.717, 1.165) is 11.1 Å². The van der Waals surface area contributed by atoms with Crippen molar-refractivity contribution < 1.29 is 24.0 Å². The third kappa shape index (κ3) is 4.26. The minimum absolute atomic E-state index is 0.181. The average molecular weight is 332 g/mol. The SMILES string of the molecule is CS(=O)C(Cc1ccc(C(=O)O)cc1)c1ccc(C(=O)O)cc1. The first kappa shape index (κ1) is 16.9. The van der Waals surface area contributed by atoms with Crippen molar-refractivity contribution in [3.05, 3.63) is 70.8 Å². The minimum Gasteiger partial charge on any atom is -0.478 e. The molecule has 6 heteroatoms. The molecule has 0 saturated carbocycles. The molecule has 2 rings (SSSR count). The summed E-state index contributed by atoms with van der Waals surface area (Å²) in [5.41, 5.74) is 2.05. The second kappa shape index (κ2) is 7.19. The summed E-state index contributed by atoms with van der Waals surface area (Å²) in [4.78, 5) is 21.7. The quantitative estimate of drug-likeness (QED) is 0.848. The fraction of sp³-hybridized carbons (Fsp3) is 0.176. The summed E-state index contributed by atoms with van der Waals surface area (Å²) < 4.78 is 12.0. The Morgan fingerprint density at radius 2 is 1.35 bits per heavy atom. The van der Waals surface area contributed by atoms with E-state index in [1.807, 2.05) is 0 Å². The van der Waals surface area contributed by atoms with Crippen molar-refractivity contribution in [2.75, 3.05) is 6.26 Å². The molecule has 2 N–H and O–H groups in total. The first-order valence-electron chi connectivity index (χ1n) is 6.86. The van der Waals surface area contributed by atoms with Crippen LogP contribution in [0.5, 0.6) is 0 Å². The van der Waals surface area contributed by atoms with Gasteiger partial charge in [-0.25, -0.2) is 9.59 Å². The van der Waals surface area contributed by atoms with Crippen LogP contribution in [-0.4, -0.2) is 32.6 Å². The first-order valence-corrected chi connectivity index (χ1v) is 8.48. The highest BCUT2D eigenvalue weighted by molar-refractivity contribution is 7.84. The predicted octanol–water partition coefficient (Wildman–Crippen LogP) is 2.75. The average Bonchev–Trinajstić information content (AvgIpc) is 2.53. The Morgan fingerprint density at radius 1 is 0.913 bits per heavy atom. The Hall–Kier alpha value is -2.47. The van der Waals surface area contributed by atoms with E-state index in [1.54, 1.807) is 30.5 Å². The Morgan fingerprint density at radius 3 is 1.74 bits per heavy atom. The van der Waals surface area contributed by atoms with Crippen molar-refractivity contribution in [1.82, 2.24) is 0 Å². The molecular weight excluding hydrogens is 316 g/mol. The normalized spacial score (nSPS) is 13.3. The van der Waals surface area contributed by atoms with Crippen molar-refractivity contribution in [2.24, 2.45) is 0 Å². The Bertz CT molecular complexity index is 735. The fourth-order valence-corrected chi connectivity index (χ4v) is 3.23. The zero-order valence-corrected chi connectivity index (χ0v) is 13.2. The zero-order valence-electron chi connectivity index (χ0n) is 12.4. The lowest BCUT2D eigenvalue weighted by molar-refractivity contribution is 0.0686. The van der Waals surface area contributed by atoms with Gasteiger partial charge in [-0.1, -0.05) is 24.3 Å². The summed E-state index contributed by atoms with van der Waals surface area (Å²) >= 11 is 0. The van der Waals surface area contributed by atoms with Gasteiger partial charge in [0.25, 0.3) is 0 Å². The van der Waals surface area contributed by atoms with Crippen LogP contribution in [-0.2, 0) is 17.2 Å². The van der Waals surface area contributed by atoms with Gasteiger partial charge in [-0.3, -0.25) is 4.21 Å².